The van der Waals surface area contributed by atoms with E-state index in [0.29, 0.717) is 12.8 Å². The predicted molar refractivity (Wildman–Crippen MR) is 76.1 cm³/mol. The number of hydrogen-bond donors (Lipinski definition) is 0. The highest BCUT2D eigenvalue weighted by Crippen LogP contribution is 2.34. The number of halogens is 2. The van der Waals surface area contributed by atoms with Crippen molar-refractivity contribution in [2.45, 2.75) is 64.7 Å². The summed E-state index contributed by atoms with van der Waals surface area (Å²) in [7, 11) is -4.34. The van der Waals surface area contributed by atoms with Crippen LogP contribution < -0.4 is 0 Å². The molecule has 0 radical (unpaired) electrons. The molecule has 6 nitrogen and oxygen atoms in total. The van der Waals surface area contributed by atoms with E-state index in [4.69, 9.17) is 4.74 Å². The fourth-order valence-corrected chi connectivity index (χ4v) is 2.67. The van der Waals surface area contributed by atoms with E-state index in [-0.39, 0.29) is 13.0 Å². The molecule has 1 fully saturated rings. The molecule has 1 saturated heterocycles. The number of ether oxygens (including phenoxy) is 1. The lowest BCUT2D eigenvalue weighted by Crippen LogP contribution is -2.55. The summed E-state index contributed by atoms with van der Waals surface area (Å²) in [5, 5.41) is 0. The van der Waals surface area contributed by atoms with Crippen molar-refractivity contribution < 1.29 is 30.9 Å². The first-order valence-electron chi connectivity index (χ1n) is 7.19. The summed E-state index contributed by atoms with van der Waals surface area (Å²) in [5.74, 6) is -0.568. The molecule has 0 saturated carbocycles. The predicted octanol–water partition coefficient (Wildman–Crippen LogP) is 2.74. The number of alkyl halides is 2. The zero-order valence-electron chi connectivity index (χ0n) is 13.3. The van der Waals surface area contributed by atoms with Gasteiger partial charge in [0.1, 0.15) is 11.6 Å². The molecule has 0 N–H and O–H groups in total. The maximum Gasteiger partial charge on any atom is 0.410 e. The van der Waals surface area contributed by atoms with Crippen LogP contribution in [0.4, 0.5) is 13.6 Å². The minimum atomic E-state index is -4.34. The molecule has 1 atom stereocenters. The number of amides is 1. The fraction of sp³-hybridized carbons (Fsp3) is 0.923. The van der Waals surface area contributed by atoms with Crippen molar-refractivity contribution in [3.63, 3.8) is 0 Å². The first-order valence-corrected chi connectivity index (χ1v) is 8.76. The van der Waals surface area contributed by atoms with Crippen molar-refractivity contribution in [2.75, 3.05) is 12.3 Å². The van der Waals surface area contributed by atoms with E-state index in [1.165, 1.54) is 6.92 Å². The SMILES string of the molecule is CCS(=O)(=O)OC(F)(F)C1CCCCN1C(=O)OC(C)(C)C. The third-order valence-corrected chi connectivity index (χ3v) is 4.29. The first-order chi connectivity index (χ1) is 9.88. The molecule has 1 amide bonds. The van der Waals surface area contributed by atoms with Gasteiger partial charge in [0.2, 0.25) is 0 Å². The summed E-state index contributed by atoms with van der Waals surface area (Å²) in [6.45, 7) is 6.16. The average Bonchev–Trinajstić information content (AvgIpc) is 2.35. The van der Waals surface area contributed by atoms with Gasteiger partial charge in [-0.1, -0.05) is 0 Å². The van der Waals surface area contributed by atoms with Crippen molar-refractivity contribution in [3.05, 3.63) is 0 Å². The van der Waals surface area contributed by atoms with E-state index >= 15 is 0 Å². The Balaban J connectivity index is 2.95. The van der Waals surface area contributed by atoms with Crippen LogP contribution >= 0.6 is 0 Å². The van der Waals surface area contributed by atoms with Crippen LogP contribution in [0.3, 0.4) is 0 Å². The molecule has 9 heteroatoms. The minimum Gasteiger partial charge on any atom is -0.444 e. The lowest BCUT2D eigenvalue weighted by molar-refractivity contribution is -0.221. The van der Waals surface area contributed by atoms with E-state index in [0.717, 1.165) is 4.90 Å². The summed E-state index contributed by atoms with van der Waals surface area (Å²) < 4.78 is 60.1. The second-order valence-corrected chi connectivity index (χ2v) is 8.04. The molecule has 0 aromatic rings. The normalized spacial score (nSPS) is 20.8. The molecule has 0 aliphatic carbocycles. The summed E-state index contributed by atoms with van der Waals surface area (Å²) >= 11 is 0. The number of carbonyl (C=O) groups excluding carboxylic acids is 1. The maximum atomic E-state index is 14.2. The van der Waals surface area contributed by atoms with E-state index in [9.17, 15) is 22.0 Å². The average molecular weight is 343 g/mol. The van der Waals surface area contributed by atoms with E-state index < -0.39 is 39.7 Å². The number of likely N-dealkylation sites (tertiary alicyclic amines) is 1. The highest BCUT2D eigenvalue weighted by Gasteiger charge is 2.50. The van der Waals surface area contributed by atoms with Gasteiger partial charge in [0, 0.05) is 6.54 Å². The lowest BCUT2D eigenvalue weighted by Gasteiger charge is -2.39. The summed E-state index contributed by atoms with van der Waals surface area (Å²) in [4.78, 5) is 12.9. The van der Waals surface area contributed by atoms with Crippen molar-refractivity contribution in [2.24, 2.45) is 0 Å². The molecule has 1 unspecified atom stereocenters. The monoisotopic (exact) mass is 343 g/mol. The Labute approximate surface area is 129 Å². The Bertz CT molecular complexity index is 501. The molecule has 1 heterocycles. The van der Waals surface area contributed by atoms with Crippen LogP contribution in [-0.2, 0) is 19.0 Å². The van der Waals surface area contributed by atoms with Crippen molar-refractivity contribution in [3.8, 4) is 0 Å². The second-order valence-electron chi connectivity index (χ2n) is 6.18. The van der Waals surface area contributed by atoms with Crippen LogP contribution in [0.1, 0.15) is 47.0 Å². The highest BCUT2D eigenvalue weighted by atomic mass is 32.2. The van der Waals surface area contributed by atoms with Gasteiger partial charge in [-0.25, -0.2) is 4.79 Å². The molecule has 0 aromatic carbocycles. The molecule has 1 aliphatic heterocycles. The van der Waals surface area contributed by atoms with Gasteiger partial charge in [0.05, 0.1) is 5.75 Å². The van der Waals surface area contributed by atoms with Crippen LogP contribution in [0.15, 0.2) is 0 Å². The van der Waals surface area contributed by atoms with Crippen molar-refractivity contribution >= 4 is 16.2 Å². The number of hydrogen-bond acceptors (Lipinski definition) is 5. The smallest absolute Gasteiger partial charge is 0.410 e. The second kappa shape index (κ2) is 6.66. The molecule has 0 aromatic heterocycles. The van der Waals surface area contributed by atoms with Crippen molar-refractivity contribution in [1.82, 2.24) is 4.90 Å². The summed E-state index contributed by atoms with van der Waals surface area (Å²) in [6.07, 6.45) is -3.92. The third-order valence-electron chi connectivity index (χ3n) is 3.11. The molecule has 0 spiro atoms. The Hall–Kier alpha value is -0.960. The van der Waals surface area contributed by atoms with Crippen LogP contribution in [0, 0.1) is 0 Å². The summed E-state index contributed by atoms with van der Waals surface area (Å²) in [6, 6.07) is -1.66. The zero-order valence-corrected chi connectivity index (χ0v) is 14.1. The zero-order chi connectivity index (χ0) is 17.2. The molecular formula is C13H23F2NO5S. The van der Waals surface area contributed by atoms with Crippen LogP contribution in [0.5, 0.6) is 0 Å². The third kappa shape index (κ3) is 5.35. The van der Waals surface area contributed by atoms with Crippen LogP contribution in [-0.4, -0.2) is 49.5 Å². The highest BCUT2D eigenvalue weighted by molar-refractivity contribution is 7.86. The van der Waals surface area contributed by atoms with Gasteiger partial charge in [0.25, 0.3) is 10.1 Å². The quantitative estimate of drug-likeness (QED) is 0.734. The standard InChI is InChI=1S/C13H23F2NO5S/c1-5-22(18,19)21-13(14,15)10-8-6-7-9-16(10)11(17)20-12(2,3)4/h10H,5-9H2,1-4H3. The van der Waals surface area contributed by atoms with Gasteiger partial charge in [-0.2, -0.15) is 21.4 Å². The Morgan fingerprint density at radius 2 is 1.86 bits per heavy atom. The number of piperidine rings is 1. The van der Waals surface area contributed by atoms with E-state index in [2.05, 4.69) is 4.18 Å². The van der Waals surface area contributed by atoms with Gasteiger partial charge >= 0.3 is 12.2 Å². The van der Waals surface area contributed by atoms with Crippen LogP contribution in [0.2, 0.25) is 0 Å². The fourth-order valence-electron chi connectivity index (χ4n) is 2.10. The summed E-state index contributed by atoms with van der Waals surface area (Å²) in [5.41, 5.74) is -0.829. The number of carbonyl (C=O) groups is 1. The van der Waals surface area contributed by atoms with E-state index in [1.807, 2.05) is 0 Å². The number of nitrogens with zero attached hydrogens (tertiary/aromatic N) is 1. The maximum absolute atomic E-state index is 14.2. The number of rotatable bonds is 4. The largest absolute Gasteiger partial charge is 0.444 e. The Morgan fingerprint density at radius 3 is 2.36 bits per heavy atom. The molecule has 1 rings (SSSR count). The molecule has 130 valence electrons. The molecule has 0 bridgehead atoms. The molecular weight excluding hydrogens is 320 g/mol. The van der Waals surface area contributed by atoms with Crippen LogP contribution in [0.25, 0.3) is 0 Å². The first kappa shape index (κ1) is 19.1. The topological polar surface area (TPSA) is 72.9 Å². The van der Waals surface area contributed by atoms with Gasteiger partial charge in [-0.3, -0.25) is 4.90 Å². The van der Waals surface area contributed by atoms with Crippen molar-refractivity contribution in [1.29, 1.82) is 0 Å². The van der Waals surface area contributed by atoms with Gasteiger partial charge in [-0.15, -0.1) is 0 Å². The molecule has 1 aliphatic rings. The van der Waals surface area contributed by atoms with E-state index in [1.54, 1.807) is 20.8 Å². The van der Waals surface area contributed by atoms with Gasteiger partial charge < -0.3 is 4.74 Å². The lowest BCUT2D eigenvalue weighted by atomic mass is 10.0. The molecule has 22 heavy (non-hydrogen) atoms. The minimum absolute atomic E-state index is 0.0501. The van der Waals surface area contributed by atoms with Gasteiger partial charge in [-0.05, 0) is 47.0 Å². The van der Waals surface area contributed by atoms with Gasteiger partial charge in [0.15, 0.2) is 0 Å². The Kier molecular flexibility index (Phi) is 5.77. The Morgan fingerprint density at radius 1 is 1.27 bits per heavy atom.